The number of nitrogens with zero attached hydrogens (tertiary/aromatic N) is 2. The van der Waals surface area contributed by atoms with E-state index in [9.17, 15) is 23.4 Å². The van der Waals surface area contributed by atoms with E-state index < -0.39 is 17.5 Å². The van der Waals surface area contributed by atoms with E-state index in [2.05, 4.69) is 4.98 Å². The summed E-state index contributed by atoms with van der Waals surface area (Å²) in [5, 5.41) is 18.4. The molecule has 1 aromatic carbocycles. The van der Waals surface area contributed by atoms with Gasteiger partial charge >= 0.3 is 6.18 Å². The molecule has 96 valence electrons. The molecule has 0 aliphatic heterocycles. The van der Waals surface area contributed by atoms with Crippen molar-refractivity contribution in [1.29, 1.82) is 0 Å². The number of phenolic OH excluding ortho intramolecular Hbond substituents is 1. The Kier molecular flexibility index (Phi) is 2.68. The van der Waals surface area contributed by atoms with E-state index in [4.69, 9.17) is 0 Å². The van der Waals surface area contributed by atoms with Gasteiger partial charge in [0.15, 0.2) is 0 Å². The SMILES string of the molecule is Cn1cc(O)nc1-c1ccc(O)c(C(F)(F)F)c1. The average molecular weight is 258 g/mol. The predicted molar refractivity (Wildman–Crippen MR) is 57.0 cm³/mol. The number of rotatable bonds is 1. The third-order valence-corrected chi connectivity index (χ3v) is 2.42. The van der Waals surface area contributed by atoms with Crippen LogP contribution in [0.25, 0.3) is 11.4 Å². The van der Waals surface area contributed by atoms with Gasteiger partial charge in [0, 0.05) is 12.6 Å². The first-order valence-electron chi connectivity index (χ1n) is 4.92. The standard InChI is InChI=1S/C11H9F3N2O2/c1-16-5-9(18)15-10(16)6-2-3-8(17)7(4-6)11(12,13)14/h2-5,17-18H,1H3. The van der Waals surface area contributed by atoms with E-state index in [1.165, 1.54) is 16.8 Å². The quantitative estimate of drug-likeness (QED) is 0.826. The third kappa shape index (κ3) is 2.11. The zero-order valence-corrected chi connectivity index (χ0v) is 9.23. The van der Waals surface area contributed by atoms with Crippen LogP contribution in [0.2, 0.25) is 0 Å². The van der Waals surface area contributed by atoms with E-state index >= 15 is 0 Å². The van der Waals surface area contributed by atoms with E-state index in [1.807, 2.05) is 0 Å². The van der Waals surface area contributed by atoms with Crippen LogP contribution in [-0.2, 0) is 13.2 Å². The highest BCUT2D eigenvalue weighted by Gasteiger charge is 2.34. The number of aromatic hydroxyl groups is 2. The fourth-order valence-electron chi connectivity index (χ4n) is 1.62. The molecule has 0 atom stereocenters. The fourth-order valence-corrected chi connectivity index (χ4v) is 1.62. The minimum atomic E-state index is -4.65. The summed E-state index contributed by atoms with van der Waals surface area (Å²) in [5.41, 5.74) is -0.981. The molecule has 7 heteroatoms. The number of hydrogen-bond donors (Lipinski definition) is 2. The Morgan fingerprint density at radius 1 is 1.22 bits per heavy atom. The second-order valence-corrected chi connectivity index (χ2v) is 3.76. The Morgan fingerprint density at radius 3 is 2.39 bits per heavy atom. The number of benzene rings is 1. The lowest BCUT2D eigenvalue weighted by molar-refractivity contribution is -0.138. The molecule has 18 heavy (non-hydrogen) atoms. The van der Waals surface area contributed by atoms with Crippen LogP contribution in [0.4, 0.5) is 13.2 Å². The van der Waals surface area contributed by atoms with Crippen LogP contribution < -0.4 is 0 Å². The van der Waals surface area contributed by atoms with E-state index in [-0.39, 0.29) is 17.3 Å². The molecule has 0 saturated carbocycles. The lowest BCUT2D eigenvalue weighted by atomic mass is 10.1. The van der Waals surface area contributed by atoms with Crippen molar-refractivity contribution < 1.29 is 23.4 Å². The zero-order chi connectivity index (χ0) is 13.5. The van der Waals surface area contributed by atoms with Crippen molar-refractivity contribution in [2.45, 2.75) is 6.18 Å². The fraction of sp³-hybridized carbons (Fsp3) is 0.182. The Morgan fingerprint density at radius 2 is 1.89 bits per heavy atom. The van der Waals surface area contributed by atoms with Crippen molar-refractivity contribution in [1.82, 2.24) is 9.55 Å². The van der Waals surface area contributed by atoms with Gasteiger partial charge in [-0.2, -0.15) is 18.2 Å². The first-order valence-corrected chi connectivity index (χ1v) is 4.92. The van der Waals surface area contributed by atoms with E-state index in [0.717, 1.165) is 12.1 Å². The van der Waals surface area contributed by atoms with Crippen molar-refractivity contribution >= 4 is 0 Å². The first-order chi connectivity index (χ1) is 8.29. The van der Waals surface area contributed by atoms with Gasteiger partial charge < -0.3 is 14.8 Å². The summed E-state index contributed by atoms with van der Waals surface area (Å²) in [4.78, 5) is 3.70. The second kappa shape index (κ2) is 3.94. The molecular formula is C11H9F3N2O2. The number of alkyl halides is 3. The minimum Gasteiger partial charge on any atom is -0.507 e. The highest BCUT2D eigenvalue weighted by molar-refractivity contribution is 5.60. The Labute approximate surface area is 99.9 Å². The second-order valence-electron chi connectivity index (χ2n) is 3.76. The summed E-state index contributed by atoms with van der Waals surface area (Å²) in [6.07, 6.45) is -3.37. The van der Waals surface area contributed by atoms with Crippen LogP contribution in [0.1, 0.15) is 5.56 Å². The number of aryl methyl sites for hydroxylation is 1. The molecule has 0 radical (unpaired) electrons. The van der Waals surface area contributed by atoms with Gasteiger partial charge in [0.25, 0.3) is 0 Å². The van der Waals surface area contributed by atoms with Crippen LogP contribution >= 0.6 is 0 Å². The number of halogens is 3. The van der Waals surface area contributed by atoms with Crippen LogP contribution in [0.15, 0.2) is 24.4 Å². The summed E-state index contributed by atoms with van der Waals surface area (Å²) in [5.74, 6) is -0.947. The predicted octanol–water partition coefficient (Wildman–Crippen LogP) is 2.52. The van der Waals surface area contributed by atoms with Crippen LogP contribution in [0.5, 0.6) is 11.6 Å². The summed E-state index contributed by atoms with van der Waals surface area (Å²) in [7, 11) is 1.54. The van der Waals surface area contributed by atoms with Gasteiger partial charge in [0.05, 0.1) is 11.8 Å². The van der Waals surface area contributed by atoms with Gasteiger partial charge in [-0.15, -0.1) is 0 Å². The normalized spacial score (nSPS) is 11.8. The van der Waals surface area contributed by atoms with Crippen molar-refractivity contribution in [3.05, 3.63) is 30.0 Å². The highest BCUT2D eigenvalue weighted by atomic mass is 19.4. The maximum Gasteiger partial charge on any atom is 0.419 e. The van der Waals surface area contributed by atoms with Crippen molar-refractivity contribution in [2.75, 3.05) is 0 Å². The zero-order valence-electron chi connectivity index (χ0n) is 9.23. The molecule has 1 heterocycles. The molecule has 0 unspecified atom stereocenters. The number of aromatic nitrogens is 2. The van der Waals surface area contributed by atoms with E-state index in [1.54, 1.807) is 7.05 Å². The van der Waals surface area contributed by atoms with Crippen molar-refractivity contribution in [2.24, 2.45) is 7.05 Å². The molecule has 0 aliphatic rings. The van der Waals surface area contributed by atoms with Gasteiger partial charge in [-0.25, -0.2) is 0 Å². The summed E-state index contributed by atoms with van der Waals surface area (Å²) >= 11 is 0. The van der Waals surface area contributed by atoms with E-state index in [0.29, 0.717) is 0 Å². The maximum atomic E-state index is 12.6. The number of imidazole rings is 1. The molecule has 4 nitrogen and oxygen atoms in total. The molecule has 1 aromatic heterocycles. The molecule has 0 amide bonds. The number of phenols is 1. The highest BCUT2D eigenvalue weighted by Crippen LogP contribution is 2.38. The van der Waals surface area contributed by atoms with Crippen molar-refractivity contribution in [3.8, 4) is 23.0 Å². The molecule has 0 fully saturated rings. The van der Waals surface area contributed by atoms with Gasteiger partial charge in [0.1, 0.15) is 11.6 Å². The lowest BCUT2D eigenvalue weighted by Gasteiger charge is -2.10. The summed E-state index contributed by atoms with van der Waals surface area (Å²) in [6.45, 7) is 0. The monoisotopic (exact) mass is 258 g/mol. The maximum absolute atomic E-state index is 12.6. The molecule has 0 saturated heterocycles. The molecular weight excluding hydrogens is 249 g/mol. The molecule has 0 aliphatic carbocycles. The molecule has 0 spiro atoms. The molecule has 2 rings (SSSR count). The number of hydrogen-bond acceptors (Lipinski definition) is 3. The average Bonchev–Trinajstić information content (AvgIpc) is 2.57. The van der Waals surface area contributed by atoms with Crippen LogP contribution in [-0.4, -0.2) is 19.8 Å². The summed E-state index contributed by atoms with van der Waals surface area (Å²) < 4.78 is 39.2. The summed E-state index contributed by atoms with van der Waals surface area (Å²) in [6, 6.07) is 3.04. The largest absolute Gasteiger partial charge is 0.507 e. The first kappa shape index (κ1) is 12.3. The van der Waals surface area contributed by atoms with Gasteiger partial charge in [-0.1, -0.05) is 0 Å². The van der Waals surface area contributed by atoms with Gasteiger partial charge in [-0.05, 0) is 18.2 Å². The Hall–Kier alpha value is -2.18. The van der Waals surface area contributed by atoms with Gasteiger partial charge in [0.2, 0.25) is 5.88 Å². The third-order valence-electron chi connectivity index (χ3n) is 2.42. The topological polar surface area (TPSA) is 58.3 Å². The van der Waals surface area contributed by atoms with Crippen LogP contribution in [0, 0.1) is 0 Å². The Bertz CT molecular complexity index is 590. The molecule has 2 N–H and O–H groups in total. The smallest absolute Gasteiger partial charge is 0.419 e. The van der Waals surface area contributed by atoms with Crippen LogP contribution in [0.3, 0.4) is 0 Å². The van der Waals surface area contributed by atoms with Gasteiger partial charge in [-0.3, -0.25) is 0 Å². The van der Waals surface area contributed by atoms with Crippen molar-refractivity contribution in [3.63, 3.8) is 0 Å². The minimum absolute atomic E-state index is 0.155. The molecule has 2 aromatic rings. The Balaban J connectivity index is 2.57. The molecule has 0 bridgehead atoms. The lowest BCUT2D eigenvalue weighted by Crippen LogP contribution is -2.05.